The van der Waals surface area contributed by atoms with Crippen molar-refractivity contribution in [2.75, 3.05) is 12.4 Å². The van der Waals surface area contributed by atoms with Crippen LogP contribution in [0.5, 0.6) is 0 Å². The monoisotopic (exact) mass is 482 g/mol. The number of nitrogens with zero attached hydrogens (tertiary/aromatic N) is 2. The van der Waals surface area contributed by atoms with Gasteiger partial charge >= 0.3 is 0 Å². The van der Waals surface area contributed by atoms with Crippen LogP contribution in [-0.2, 0) is 22.4 Å². The summed E-state index contributed by atoms with van der Waals surface area (Å²) in [6.45, 7) is 1.12. The smallest absolute Gasteiger partial charge is 0.187 e. The lowest BCUT2D eigenvalue weighted by Crippen LogP contribution is -2.37. The highest BCUT2D eigenvalue weighted by Crippen LogP contribution is 2.34. The van der Waals surface area contributed by atoms with Gasteiger partial charge in [-0.05, 0) is 48.4 Å². The summed E-state index contributed by atoms with van der Waals surface area (Å²) >= 11 is 20.1. The predicted molar refractivity (Wildman–Crippen MR) is 123 cm³/mol. The molecule has 3 aromatic rings. The van der Waals surface area contributed by atoms with Crippen molar-refractivity contribution in [1.29, 1.82) is 0 Å². The van der Waals surface area contributed by atoms with E-state index in [1.807, 2.05) is 47.2 Å². The maximum Gasteiger partial charge on any atom is 0.187 e. The molecular weight excluding hydrogens is 463 g/mol. The Morgan fingerprint density at radius 1 is 1.10 bits per heavy atom. The molecule has 0 spiro atoms. The predicted octanol–water partition coefficient (Wildman–Crippen LogP) is 6.38. The lowest BCUT2D eigenvalue weighted by atomic mass is 10.0. The third-order valence-corrected chi connectivity index (χ3v) is 6.92. The van der Waals surface area contributed by atoms with Crippen LogP contribution in [0.2, 0.25) is 15.1 Å². The zero-order valence-electron chi connectivity index (χ0n) is 16.1. The van der Waals surface area contributed by atoms with E-state index in [1.54, 1.807) is 30.4 Å². The fourth-order valence-electron chi connectivity index (χ4n) is 3.42. The van der Waals surface area contributed by atoms with Crippen LogP contribution in [0.1, 0.15) is 12.0 Å². The number of ether oxygens (including phenoxy) is 2. The van der Waals surface area contributed by atoms with Gasteiger partial charge in [0.1, 0.15) is 0 Å². The number of halogens is 3. The average molecular weight is 484 g/mol. The van der Waals surface area contributed by atoms with Crippen LogP contribution in [0.3, 0.4) is 0 Å². The molecule has 0 aliphatic carbocycles. The molecule has 30 heavy (non-hydrogen) atoms. The SMILES string of the molecule is Clc1ccc(SCC2COC(CCc3ccc(Cl)cc3Cl)(Cn3ccnc3)O2)cc1. The highest BCUT2D eigenvalue weighted by Gasteiger charge is 2.41. The molecule has 2 aromatic carbocycles. The third-order valence-electron chi connectivity index (χ3n) is 4.94. The van der Waals surface area contributed by atoms with Crippen molar-refractivity contribution >= 4 is 46.6 Å². The second-order valence-corrected chi connectivity index (χ2v) is 9.57. The van der Waals surface area contributed by atoms with E-state index in [-0.39, 0.29) is 6.10 Å². The number of aromatic nitrogens is 2. The van der Waals surface area contributed by atoms with E-state index in [1.165, 1.54) is 0 Å². The van der Waals surface area contributed by atoms with Crippen LogP contribution in [-0.4, -0.2) is 33.8 Å². The molecule has 1 fully saturated rings. The molecule has 1 aliphatic heterocycles. The number of hydrogen-bond acceptors (Lipinski definition) is 4. The topological polar surface area (TPSA) is 36.3 Å². The summed E-state index contributed by atoms with van der Waals surface area (Å²) in [5.74, 6) is 0.0733. The van der Waals surface area contributed by atoms with E-state index in [0.29, 0.717) is 29.6 Å². The summed E-state index contributed by atoms with van der Waals surface area (Å²) in [6.07, 6.45) is 6.84. The minimum atomic E-state index is -0.727. The Morgan fingerprint density at radius 2 is 1.90 bits per heavy atom. The first-order valence-corrected chi connectivity index (χ1v) is 11.7. The molecule has 1 aromatic heterocycles. The lowest BCUT2D eigenvalue weighted by molar-refractivity contribution is -0.180. The number of imidazole rings is 1. The van der Waals surface area contributed by atoms with Gasteiger partial charge in [0.25, 0.3) is 0 Å². The fourth-order valence-corrected chi connectivity index (χ4v) is 4.92. The van der Waals surface area contributed by atoms with Crippen LogP contribution >= 0.6 is 46.6 Å². The lowest BCUT2D eigenvalue weighted by Gasteiger charge is -2.29. The van der Waals surface area contributed by atoms with Crippen molar-refractivity contribution in [3.63, 3.8) is 0 Å². The van der Waals surface area contributed by atoms with Crippen LogP contribution in [0.15, 0.2) is 66.1 Å². The molecule has 0 N–H and O–H groups in total. The van der Waals surface area contributed by atoms with Gasteiger partial charge in [0.2, 0.25) is 0 Å². The van der Waals surface area contributed by atoms with Gasteiger partial charge in [-0.3, -0.25) is 0 Å². The third kappa shape index (κ3) is 5.72. The molecule has 2 unspecified atom stereocenters. The minimum Gasteiger partial charge on any atom is -0.345 e. The molecular formula is C22H21Cl3N2O2S. The Bertz CT molecular complexity index is 969. The molecule has 4 nitrogen and oxygen atoms in total. The average Bonchev–Trinajstić information content (AvgIpc) is 3.38. The van der Waals surface area contributed by atoms with Crippen molar-refractivity contribution in [2.24, 2.45) is 0 Å². The molecule has 0 saturated carbocycles. The van der Waals surface area contributed by atoms with Crippen LogP contribution < -0.4 is 0 Å². The molecule has 0 radical (unpaired) electrons. The zero-order valence-corrected chi connectivity index (χ0v) is 19.2. The van der Waals surface area contributed by atoms with Gasteiger partial charge in [0, 0.05) is 44.5 Å². The molecule has 0 bridgehead atoms. The van der Waals surface area contributed by atoms with Crippen LogP contribution in [0, 0.1) is 0 Å². The molecule has 8 heteroatoms. The molecule has 1 saturated heterocycles. The quantitative estimate of drug-likeness (QED) is 0.348. The Balaban J connectivity index is 1.42. The second kappa shape index (κ2) is 9.94. The summed E-state index contributed by atoms with van der Waals surface area (Å²) in [5.41, 5.74) is 1.03. The van der Waals surface area contributed by atoms with Gasteiger partial charge < -0.3 is 14.0 Å². The van der Waals surface area contributed by atoms with E-state index < -0.39 is 5.79 Å². The van der Waals surface area contributed by atoms with E-state index in [4.69, 9.17) is 44.3 Å². The number of aryl methyl sites for hydroxylation is 1. The number of thioether (sulfide) groups is 1. The summed E-state index contributed by atoms with van der Waals surface area (Å²) in [6, 6.07) is 13.4. The van der Waals surface area contributed by atoms with Gasteiger partial charge in [-0.25, -0.2) is 4.98 Å². The molecule has 158 valence electrons. The van der Waals surface area contributed by atoms with Crippen molar-refractivity contribution in [3.8, 4) is 0 Å². The zero-order chi connectivity index (χ0) is 21.0. The highest BCUT2D eigenvalue weighted by atomic mass is 35.5. The molecule has 1 aliphatic rings. The van der Waals surface area contributed by atoms with Crippen molar-refractivity contribution in [3.05, 3.63) is 81.8 Å². The first-order valence-electron chi connectivity index (χ1n) is 9.61. The summed E-state index contributed by atoms with van der Waals surface area (Å²) in [4.78, 5) is 5.30. The molecule has 2 atom stereocenters. The summed E-state index contributed by atoms with van der Waals surface area (Å²) < 4.78 is 14.7. The maximum atomic E-state index is 6.47. The van der Waals surface area contributed by atoms with Crippen molar-refractivity contribution < 1.29 is 9.47 Å². The maximum absolute atomic E-state index is 6.47. The largest absolute Gasteiger partial charge is 0.345 e. The Kier molecular flexibility index (Phi) is 7.29. The van der Waals surface area contributed by atoms with Gasteiger partial charge in [-0.15, -0.1) is 11.8 Å². The Hall–Kier alpha value is -1.21. The van der Waals surface area contributed by atoms with E-state index >= 15 is 0 Å². The Labute approximate surface area is 195 Å². The van der Waals surface area contributed by atoms with Gasteiger partial charge in [0.15, 0.2) is 5.79 Å². The molecule has 4 rings (SSSR count). The van der Waals surface area contributed by atoms with Crippen molar-refractivity contribution in [2.45, 2.75) is 36.2 Å². The first-order chi connectivity index (χ1) is 14.5. The summed E-state index contributed by atoms with van der Waals surface area (Å²) in [7, 11) is 0. The van der Waals surface area contributed by atoms with E-state index in [0.717, 1.165) is 27.7 Å². The van der Waals surface area contributed by atoms with Gasteiger partial charge in [-0.1, -0.05) is 40.9 Å². The number of hydrogen-bond donors (Lipinski definition) is 0. The summed E-state index contributed by atoms with van der Waals surface area (Å²) in [5, 5.41) is 2.03. The second-order valence-electron chi connectivity index (χ2n) is 7.20. The number of rotatable bonds is 8. The highest BCUT2D eigenvalue weighted by molar-refractivity contribution is 7.99. The minimum absolute atomic E-state index is 0.00473. The first kappa shape index (κ1) is 22.0. The van der Waals surface area contributed by atoms with E-state index in [9.17, 15) is 0 Å². The molecule has 0 amide bonds. The van der Waals surface area contributed by atoms with Gasteiger partial charge in [0.05, 0.1) is 25.6 Å². The van der Waals surface area contributed by atoms with Crippen LogP contribution in [0.25, 0.3) is 0 Å². The fraction of sp³-hybridized carbons (Fsp3) is 0.318. The Morgan fingerprint density at radius 3 is 2.63 bits per heavy atom. The normalized spacial score (nSPS) is 21.2. The number of benzene rings is 2. The molecule has 2 heterocycles. The standard InChI is InChI=1S/C22H21Cl3N2O2S/c23-17-3-5-20(6-4-17)30-13-19-12-28-22(29-19,14-27-10-9-26-15-27)8-7-16-1-2-18(24)11-21(16)25/h1-6,9-11,15,19H,7-8,12-14H2. The van der Waals surface area contributed by atoms with E-state index in [2.05, 4.69) is 4.98 Å². The van der Waals surface area contributed by atoms with Crippen molar-refractivity contribution in [1.82, 2.24) is 9.55 Å². The van der Waals surface area contributed by atoms with Gasteiger partial charge in [-0.2, -0.15) is 0 Å². The van der Waals surface area contributed by atoms with Crippen LogP contribution in [0.4, 0.5) is 0 Å².